The lowest BCUT2D eigenvalue weighted by molar-refractivity contribution is 0.204. The maximum atomic E-state index is 14.2. The Kier molecular flexibility index (Phi) is 3.25. The van der Waals surface area contributed by atoms with Crippen molar-refractivity contribution in [1.29, 1.82) is 0 Å². The summed E-state index contributed by atoms with van der Waals surface area (Å²) in [5.41, 5.74) is 5.57. The molecule has 1 aromatic rings. The largest absolute Gasteiger partial charge is 0.379 e. The second kappa shape index (κ2) is 4.78. The minimum Gasteiger partial charge on any atom is -0.379 e. The molecule has 2 nitrogen and oxygen atoms in total. The van der Waals surface area contributed by atoms with Crippen molar-refractivity contribution in [1.82, 2.24) is 0 Å². The number of rotatable bonds is 1. The molecule has 1 saturated carbocycles. The van der Waals surface area contributed by atoms with Gasteiger partial charge in [-0.05, 0) is 24.8 Å². The Labute approximate surface area is 115 Å². The summed E-state index contributed by atoms with van der Waals surface area (Å²) in [5, 5.41) is 0.488. The van der Waals surface area contributed by atoms with E-state index in [1.54, 1.807) is 12.1 Å². The topological polar surface area (TPSA) is 38.4 Å². The molecule has 1 aromatic carbocycles. The van der Waals surface area contributed by atoms with E-state index in [4.69, 9.17) is 5.73 Å². The second-order valence-corrected chi connectivity index (χ2v) is 6.27. The van der Waals surface area contributed by atoms with E-state index in [-0.39, 0.29) is 5.92 Å². The number of amidine groups is 1. The van der Waals surface area contributed by atoms with Crippen LogP contribution in [0.25, 0.3) is 0 Å². The maximum absolute atomic E-state index is 14.2. The summed E-state index contributed by atoms with van der Waals surface area (Å²) in [4.78, 5) is 4.56. The molecule has 1 aliphatic heterocycles. The molecule has 0 bridgehead atoms. The van der Waals surface area contributed by atoms with Gasteiger partial charge in [-0.15, -0.1) is 0 Å². The zero-order valence-electron chi connectivity index (χ0n) is 10.5. The van der Waals surface area contributed by atoms with Crippen LogP contribution in [0.2, 0.25) is 0 Å². The van der Waals surface area contributed by atoms with Crippen LogP contribution in [-0.2, 0) is 5.54 Å². The molecule has 0 spiro atoms. The minimum atomic E-state index is -0.803. The normalized spacial score (nSPS) is 30.6. The Morgan fingerprint density at radius 2 is 2.16 bits per heavy atom. The molecule has 2 N–H and O–H groups in total. The molecule has 5 heteroatoms. The molecule has 0 radical (unpaired) electrons. The van der Waals surface area contributed by atoms with E-state index in [2.05, 4.69) is 4.99 Å². The lowest BCUT2D eigenvalue weighted by atomic mass is 9.69. The van der Waals surface area contributed by atoms with E-state index in [1.807, 2.05) is 0 Å². The molecule has 0 amide bonds. The number of fused-ring (bicyclic) bond motifs is 1. The van der Waals surface area contributed by atoms with Gasteiger partial charge in [0, 0.05) is 11.3 Å². The van der Waals surface area contributed by atoms with Gasteiger partial charge in [0.1, 0.15) is 0 Å². The second-order valence-electron chi connectivity index (χ2n) is 5.23. The fourth-order valence-corrected chi connectivity index (χ4v) is 4.31. The van der Waals surface area contributed by atoms with Gasteiger partial charge < -0.3 is 5.73 Å². The third-order valence-electron chi connectivity index (χ3n) is 4.20. The molecule has 1 fully saturated rings. The van der Waals surface area contributed by atoms with Gasteiger partial charge in [-0.3, -0.25) is 4.99 Å². The van der Waals surface area contributed by atoms with Crippen LogP contribution in [0.1, 0.15) is 31.2 Å². The van der Waals surface area contributed by atoms with E-state index in [1.165, 1.54) is 11.8 Å². The molecule has 3 rings (SSSR count). The first-order valence-electron chi connectivity index (χ1n) is 6.56. The van der Waals surface area contributed by atoms with Gasteiger partial charge in [-0.2, -0.15) is 0 Å². The molecule has 1 heterocycles. The molecular formula is C14H16F2N2S. The van der Waals surface area contributed by atoms with Gasteiger partial charge in [-0.1, -0.05) is 36.7 Å². The summed E-state index contributed by atoms with van der Waals surface area (Å²) in [6.07, 6.45) is 3.85. The minimum absolute atomic E-state index is 0.245. The number of nitrogens with zero attached hydrogens (tertiary/aromatic N) is 1. The highest BCUT2D eigenvalue weighted by atomic mass is 32.2. The first-order valence-corrected chi connectivity index (χ1v) is 7.54. The molecule has 102 valence electrons. The lowest BCUT2D eigenvalue weighted by Gasteiger charge is -2.44. The summed E-state index contributed by atoms with van der Waals surface area (Å²) in [7, 11) is 0. The Balaban J connectivity index is 2.16. The lowest BCUT2D eigenvalue weighted by Crippen LogP contribution is -2.43. The first-order chi connectivity index (χ1) is 9.13. The van der Waals surface area contributed by atoms with E-state index in [0.29, 0.717) is 10.7 Å². The number of thioether (sulfide) groups is 1. The quantitative estimate of drug-likeness (QED) is 0.857. The maximum Gasteiger partial charge on any atom is 0.164 e. The van der Waals surface area contributed by atoms with Crippen LogP contribution < -0.4 is 5.73 Å². The molecule has 19 heavy (non-hydrogen) atoms. The van der Waals surface area contributed by atoms with Crippen molar-refractivity contribution in [3.63, 3.8) is 0 Å². The SMILES string of the molecule is NC1=N[C@@]2(c3cccc(F)c3F)CCCC[C@H]2CS1. The van der Waals surface area contributed by atoms with E-state index < -0.39 is 17.2 Å². The Hall–Kier alpha value is -1.10. The van der Waals surface area contributed by atoms with Crippen molar-refractivity contribution in [3.8, 4) is 0 Å². The predicted molar refractivity (Wildman–Crippen MR) is 74.1 cm³/mol. The zero-order chi connectivity index (χ0) is 13.5. The van der Waals surface area contributed by atoms with Crippen LogP contribution in [0.15, 0.2) is 23.2 Å². The summed E-state index contributed by atoms with van der Waals surface area (Å²) in [5.74, 6) is -0.485. The third-order valence-corrected chi connectivity index (χ3v) is 5.15. The van der Waals surface area contributed by atoms with Gasteiger partial charge in [0.15, 0.2) is 16.8 Å². The summed E-state index contributed by atoms with van der Waals surface area (Å²) in [6, 6.07) is 4.36. The number of nitrogens with two attached hydrogens (primary N) is 1. The zero-order valence-corrected chi connectivity index (χ0v) is 11.4. The highest BCUT2D eigenvalue weighted by Gasteiger charge is 2.46. The number of aliphatic imine (C=N–C) groups is 1. The molecular weight excluding hydrogens is 266 g/mol. The van der Waals surface area contributed by atoms with Crippen molar-refractivity contribution in [2.75, 3.05) is 5.75 Å². The Bertz CT molecular complexity index is 532. The Morgan fingerprint density at radius 3 is 3.00 bits per heavy atom. The molecule has 2 atom stereocenters. The van der Waals surface area contributed by atoms with Crippen molar-refractivity contribution < 1.29 is 8.78 Å². The summed E-state index contributed by atoms with van der Waals surface area (Å²) < 4.78 is 27.7. The van der Waals surface area contributed by atoms with Crippen LogP contribution in [0.3, 0.4) is 0 Å². The molecule has 0 aromatic heterocycles. The number of hydrogen-bond acceptors (Lipinski definition) is 3. The van der Waals surface area contributed by atoms with Gasteiger partial charge in [-0.25, -0.2) is 8.78 Å². The smallest absolute Gasteiger partial charge is 0.164 e. The van der Waals surface area contributed by atoms with Crippen LogP contribution in [0.5, 0.6) is 0 Å². The number of hydrogen-bond donors (Lipinski definition) is 1. The Morgan fingerprint density at radius 1 is 1.32 bits per heavy atom. The fourth-order valence-electron chi connectivity index (χ4n) is 3.26. The van der Waals surface area contributed by atoms with Gasteiger partial charge in [0.25, 0.3) is 0 Å². The third kappa shape index (κ3) is 2.04. The fraction of sp³-hybridized carbons (Fsp3) is 0.500. The summed E-state index contributed by atoms with van der Waals surface area (Å²) in [6.45, 7) is 0. The van der Waals surface area contributed by atoms with Crippen LogP contribution in [0, 0.1) is 17.6 Å². The van der Waals surface area contributed by atoms with Crippen LogP contribution in [-0.4, -0.2) is 10.9 Å². The van der Waals surface area contributed by atoms with Crippen LogP contribution in [0.4, 0.5) is 8.78 Å². The predicted octanol–water partition coefficient (Wildman–Crippen LogP) is 3.41. The number of halogens is 2. The van der Waals surface area contributed by atoms with Gasteiger partial charge >= 0.3 is 0 Å². The van der Waals surface area contributed by atoms with Crippen LogP contribution >= 0.6 is 11.8 Å². The van der Waals surface area contributed by atoms with E-state index in [9.17, 15) is 8.78 Å². The van der Waals surface area contributed by atoms with E-state index in [0.717, 1.165) is 37.5 Å². The van der Waals surface area contributed by atoms with Gasteiger partial charge in [0.05, 0.1) is 5.54 Å². The first kappa shape index (κ1) is 12.9. The van der Waals surface area contributed by atoms with Crippen molar-refractivity contribution in [2.45, 2.75) is 31.2 Å². The average molecular weight is 282 g/mol. The molecule has 2 aliphatic rings. The molecule has 0 saturated heterocycles. The molecule has 1 aliphatic carbocycles. The standard InChI is InChI=1S/C14H16F2N2S/c15-11-6-3-5-10(12(11)16)14-7-2-1-4-9(14)8-19-13(17)18-14/h3,5-6,9H,1-2,4,7-8H2,(H2,17,18)/t9-,14-/m0/s1. The number of benzene rings is 1. The van der Waals surface area contributed by atoms with Gasteiger partial charge in [0.2, 0.25) is 0 Å². The highest BCUT2D eigenvalue weighted by Crippen LogP contribution is 2.49. The van der Waals surface area contributed by atoms with Crippen molar-refractivity contribution in [2.24, 2.45) is 16.6 Å². The molecule has 0 unspecified atom stereocenters. The highest BCUT2D eigenvalue weighted by molar-refractivity contribution is 8.13. The van der Waals surface area contributed by atoms with Crippen molar-refractivity contribution in [3.05, 3.63) is 35.4 Å². The average Bonchev–Trinajstić information content (AvgIpc) is 2.41. The van der Waals surface area contributed by atoms with E-state index >= 15 is 0 Å². The summed E-state index contributed by atoms with van der Waals surface area (Å²) >= 11 is 1.52. The monoisotopic (exact) mass is 282 g/mol. The van der Waals surface area contributed by atoms with Crippen molar-refractivity contribution >= 4 is 16.9 Å².